The number of rotatable bonds is 4. The van der Waals surface area contributed by atoms with Gasteiger partial charge in [0.05, 0.1) is 0 Å². The molecule has 0 saturated carbocycles. The second kappa shape index (κ2) is 6.44. The van der Waals surface area contributed by atoms with Gasteiger partial charge in [-0.15, -0.1) is 0 Å². The van der Waals surface area contributed by atoms with Crippen molar-refractivity contribution in [2.24, 2.45) is 0 Å². The summed E-state index contributed by atoms with van der Waals surface area (Å²) in [4.78, 5) is 11.5. The summed E-state index contributed by atoms with van der Waals surface area (Å²) >= 11 is 3.36. The molecule has 2 rings (SSSR count). The summed E-state index contributed by atoms with van der Waals surface area (Å²) in [5, 5.41) is 4.38. The second-order valence-corrected chi connectivity index (χ2v) is 5.28. The predicted molar refractivity (Wildman–Crippen MR) is 77.2 cm³/mol. The zero-order chi connectivity index (χ0) is 15.5. The van der Waals surface area contributed by atoms with Gasteiger partial charge in [-0.05, 0) is 35.0 Å². The molecule has 0 radical (unpaired) electrons. The Balaban J connectivity index is 1.96. The first-order valence-electron chi connectivity index (χ1n) is 5.97. The van der Waals surface area contributed by atoms with E-state index in [9.17, 15) is 18.0 Å². The largest absolute Gasteiger partial charge is 0.411 e. The van der Waals surface area contributed by atoms with Crippen LogP contribution in [-0.2, 0) is 9.53 Å². The Labute approximate surface area is 127 Å². The number of carbonyl (C=O) groups is 1. The van der Waals surface area contributed by atoms with Crippen LogP contribution in [0.3, 0.4) is 0 Å². The van der Waals surface area contributed by atoms with Crippen molar-refractivity contribution in [1.29, 1.82) is 0 Å². The van der Waals surface area contributed by atoms with Crippen molar-refractivity contribution < 1.29 is 22.7 Å². The van der Waals surface area contributed by atoms with E-state index in [0.29, 0.717) is 5.69 Å². The molecular weight excluding hydrogens is 351 g/mol. The van der Waals surface area contributed by atoms with E-state index in [1.165, 1.54) is 0 Å². The molecule has 0 aliphatic heterocycles. The molecule has 0 aliphatic rings. The number of carbonyl (C=O) groups excluding carboxylic acids is 1. The van der Waals surface area contributed by atoms with Crippen LogP contribution in [0.1, 0.15) is 0 Å². The third-order valence-electron chi connectivity index (χ3n) is 2.58. The minimum Gasteiger partial charge on any atom is -0.362 e. The highest BCUT2D eigenvalue weighted by molar-refractivity contribution is 9.10. The van der Waals surface area contributed by atoms with Crippen LogP contribution < -0.4 is 5.32 Å². The zero-order valence-corrected chi connectivity index (χ0v) is 12.3. The van der Waals surface area contributed by atoms with E-state index in [0.717, 1.165) is 15.2 Å². The van der Waals surface area contributed by atoms with Crippen molar-refractivity contribution >= 4 is 38.3 Å². The van der Waals surface area contributed by atoms with Crippen molar-refractivity contribution in [3.05, 3.63) is 40.9 Å². The lowest BCUT2D eigenvalue weighted by molar-refractivity contribution is -0.174. The molecule has 0 heterocycles. The summed E-state index contributed by atoms with van der Waals surface area (Å²) in [6, 6.07) is 10.9. The number of fused-ring (bicyclic) bond motifs is 1. The van der Waals surface area contributed by atoms with E-state index in [1.54, 1.807) is 12.1 Å². The molecule has 1 amide bonds. The number of alkyl halides is 3. The average molecular weight is 362 g/mol. The molecule has 0 spiro atoms. The van der Waals surface area contributed by atoms with Crippen molar-refractivity contribution in [3.63, 3.8) is 0 Å². The summed E-state index contributed by atoms with van der Waals surface area (Å²) in [5.41, 5.74) is 0.505. The number of ether oxygens (including phenoxy) is 1. The normalized spacial score (nSPS) is 11.6. The molecule has 0 bridgehead atoms. The van der Waals surface area contributed by atoms with E-state index < -0.39 is 25.3 Å². The molecule has 1 N–H and O–H groups in total. The van der Waals surface area contributed by atoms with Crippen LogP contribution in [0.15, 0.2) is 40.9 Å². The van der Waals surface area contributed by atoms with Gasteiger partial charge in [0, 0.05) is 10.2 Å². The summed E-state index contributed by atoms with van der Waals surface area (Å²) < 4.78 is 40.9. The van der Waals surface area contributed by atoms with Crippen molar-refractivity contribution in [2.45, 2.75) is 6.18 Å². The fourth-order valence-corrected chi connectivity index (χ4v) is 2.13. The Morgan fingerprint density at radius 2 is 1.81 bits per heavy atom. The van der Waals surface area contributed by atoms with Gasteiger partial charge in [0.15, 0.2) is 0 Å². The first-order chi connectivity index (χ1) is 9.83. The lowest BCUT2D eigenvalue weighted by atomic mass is 10.1. The van der Waals surface area contributed by atoms with Gasteiger partial charge < -0.3 is 10.1 Å². The maximum absolute atomic E-state index is 11.9. The minimum absolute atomic E-state index is 0.505. The molecule has 0 aromatic heterocycles. The Kier molecular flexibility index (Phi) is 4.84. The third-order valence-corrected chi connectivity index (χ3v) is 3.08. The molecule has 2 aromatic carbocycles. The average Bonchev–Trinajstić information content (AvgIpc) is 2.37. The summed E-state index contributed by atoms with van der Waals surface area (Å²) in [6.45, 7) is -2.08. The number of halogens is 4. The van der Waals surface area contributed by atoms with E-state index in [4.69, 9.17) is 0 Å². The Morgan fingerprint density at radius 1 is 1.14 bits per heavy atom. The van der Waals surface area contributed by atoms with E-state index in [-0.39, 0.29) is 0 Å². The fourth-order valence-electron chi connectivity index (χ4n) is 1.75. The molecule has 0 aliphatic carbocycles. The highest BCUT2D eigenvalue weighted by Crippen LogP contribution is 2.23. The molecule has 3 nitrogen and oxygen atoms in total. The number of hydrogen-bond acceptors (Lipinski definition) is 2. The maximum Gasteiger partial charge on any atom is 0.411 e. The zero-order valence-electron chi connectivity index (χ0n) is 10.7. The SMILES string of the molecule is O=C(COCC(F)(F)F)Nc1ccc2cc(Br)ccc2c1. The predicted octanol–water partition coefficient (Wildman–Crippen LogP) is 4.12. The van der Waals surface area contributed by atoms with Crippen LogP contribution in [0, 0.1) is 0 Å². The Morgan fingerprint density at radius 3 is 2.52 bits per heavy atom. The molecule has 0 unspecified atom stereocenters. The van der Waals surface area contributed by atoms with Gasteiger partial charge in [0.25, 0.3) is 0 Å². The molecule has 0 fully saturated rings. The van der Waals surface area contributed by atoms with E-state index in [2.05, 4.69) is 26.0 Å². The summed E-state index contributed by atoms with van der Waals surface area (Å²) in [7, 11) is 0. The van der Waals surface area contributed by atoms with Gasteiger partial charge in [-0.1, -0.05) is 28.1 Å². The Bertz CT molecular complexity index is 658. The van der Waals surface area contributed by atoms with Gasteiger partial charge >= 0.3 is 6.18 Å². The van der Waals surface area contributed by atoms with Gasteiger partial charge in [-0.25, -0.2) is 0 Å². The molecule has 7 heteroatoms. The number of benzene rings is 2. The monoisotopic (exact) mass is 361 g/mol. The van der Waals surface area contributed by atoms with Crippen LogP contribution in [0.25, 0.3) is 10.8 Å². The smallest absolute Gasteiger partial charge is 0.362 e. The van der Waals surface area contributed by atoms with Crippen LogP contribution in [0.5, 0.6) is 0 Å². The minimum atomic E-state index is -4.43. The molecular formula is C14H11BrF3NO2. The number of hydrogen-bond donors (Lipinski definition) is 1. The first-order valence-corrected chi connectivity index (χ1v) is 6.76. The number of anilines is 1. The summed E-state index contributed by atoms with van der Waals surface area (Å²) in [6.07, 6.45) is -4.43. The maximum atomic E-state index is 11.9. The fraction of sp³-hybridized carbons (Fsp3) is 0.214. The quantitative estimate of drug-likeness (QED) is 0.889. The van der Waals surface area contributed by atoms with Gasteiger partial charge in [0.2, 0.25) is 5.91 Å². The lowest BCUT2D eigenvalue weighted by Crippen LogP contribution is -2.23. The Hall–Kier alpha value is -1.60. The van der Waals surface area contributed by atoms with E-state index in [1.807, 2.05) is 24.3 Å². The van der Waals surface area contributed by atoms with Gasteiger partial charge in [-0.3, -0.25) is 4.79 Å². The van der Waals surface area contributed by atoms with Crippen LogP contribution in [0.4, 0.5) is 18.9 Å². The lowest BCUT2D eigenvalue weighted by Gasteiger charge is -2.09. The van der Waals surface area contributed by atoms with Crippen LogP contribution in [-0.4, -0.2) is 25.3 Å². The molecule has 0 saturated heterocycles. The highest BCUT2D eigenvalue weighted by atomic mass is 79.9. The van der Waals surface area contributed by atoms with E-state index >= 15 is 0 Å². The number of amides is 1. The van der Waals surface area contributed by atoms with Gasteiger partial charge in [-0.2, -0.15) is 13.2 Å². The summed E-state index contributed by atoms with van der Waals surface area (Å²) in [5.74, 6) is -0.629. The van der Waals surface area contributed by atoms with Crippen LogP contribution in [0.2, 0.25) is 0 Å². The molecule has 21 heavy (non-hydrogen) atoms. The number of nitrogens with one attached hydrogen (secondary N) is 1. The van der Waals surface area contributed by atoms with Crippen molar-refractivity contribution in [1.82, 2.24) is 0 Å². The van der Waals surface area contributed by atoms with Crippen molar-refractivity contribution in [2.75, 3.05) is 18.5 Å². The molecule has 112 valence electrons. The van der Waals surface area contributed by atoms with Crippen LogP contribution >= 0.6 is 15.9 Å². The van der Waals surface area contributed by atoms with Crippen molar-refractivity contribution in [3.8, 4) is 0 Å². The second-order valence-electron chi connectivity index (χ2n) is 4.36. The highest BCUT2D eigenvalue weighted by Gasteiger charge is 2.27. The third kappa shape index (κ3) is 5.02. The topological polar surface area (TPSA) is 38.3 Å². The molecule has 0 atom stereocenters. The molecule has 2 aromatic rings. The standard InChI is InChI=1S/C14H11BrF3NO2/c15-11-3-1-10-6-12(4-2-9(10)5-11)19-13(20)7-21-8-14(16,17)18/h1-6H,7-8H2,(H,19,20). The van der Waals surface area contributed by atoms with Gasteiger partial charge in [0.1, 0.15) is 13.2 Å². The first kappa shape index (κ1) is 15.8.